The van der Waals surface area contributed by atoms with Crippen LogP contribution in [0.1, 0.15) is 29.9 Å². The van der Waals surface area contributed by atoms with Gasteiger partial charge in [0, 0.05) is 41.8 Å². The molecule has 2 aromatic heterocycles. The largest absolute Gasteiger partial charge is 0.361 e. The van der Waals surface area contributed by atoms with Crippen molar-refractivity contribution in [2.45, 2.75) is 23.7 Å². The number of aromatic amines is 1. The van der Waals surface area contributed by atoms with E-state index < -0.39 is 10.0 Å². The highest BCUT2D eigenvalue weighted by molar-refractivity contribution is 7.89. The van der Waals surface area contributed by atoms with Crippen LogP contribution >= 0.6 is 0 Å². The third kappa shape index (κ3) is 4.35. The lowest BCUT2D eigenvalue weighted by Gasteiger charge is -2.32. The third-order valence-electron chi connectivity index (χ3n) is 6.48. The van der Waals surface area contributed by atoms with Crippen LogP contribution in [0.15, 0.2) is 65.8 Å². The molecule has 5 rings (SSSR count). The molecule has 0 amide bonds. The lowest BCUT2D eigenvalue weighted by atomic mass is 9.89. The molecule has 1 aliphatic rings. The van der Waals surface area contributed by atoms with Gasteiger partial charge >= 0.3 is 0 Å². The van der Waals surface area contributed by atoms with E-state index in [1.165, 1.54) is 10.9 Å². The highest BCUT2D eigenvalue weighted by atomic mass is 32.2. The molecule has 0 atom stereocenters. The number of fused-ring (bicyclic) bond motifs is 2. The number of nitrogens with one attached hydrogen (secondary N) is 2. The fourth-order valence-corrected chi connectivity index (χ4v) is 5.93. The summed E-state index contributed by atoms with van der Waals surface area (Å²) in [6.07, 6.45) is 5.72. The second-order valence-electron chi connectivity index (χ2n) is 8.46. The molecule has 33 heavy (non-hydrogen) atoms. The second kappa shape index (κ2) is 8.94. The van der Waals surface area contributed by atoms with Gasteiger partial charge in [0.25, 0.3) is 0 Å². The van der Waals surface area contributed by atoms with Crippen LogP contribution in [0, 0.1) is 11.3 Å². The molecule has 1 fully saturated rings. The summed E-state index contributed by atoms with van der Waals surface area (Å²) in [4.78, 5) is 10.1. The minimum Gasteiger partial charge on any atom is -0.361 e. The van der Waals surface area contributed by atoms with E-state index in [9.17, 15) is 8.42 Å². The number of pyridine rings is 1. The number of aromatic nitrogens is 2. The maximum absolute atomic E-state index is 12.9. The van der Waals surface area contributed by atoms with Gasteiger partial charge in [-0.1, -0.05) is 24.3 Å². The summed E-state index contributed by atoms with van der Waals surface area (Å²) >= 11 is 0. The highest BCUT2D eigenvalue weighted by Gasteiger charge is 2.24. The van der Waals surface area contributed by atoms with Gasteiger partial charge in [0.05, 0.1) is 17.1 Å². The fourth-order valence-electron chi connectivity index (χ4n) is 4.73. The standard InChI is InChI=1S/C25H25N5O2S/c26-16-18-6-7-21-22(17-28-23(21)15-18)19-8-12-30(13-9-19)14-11-29-33(31,32)24-5-1-3-20-4-2-10-27-25(20)24/h1-7,10,15,17,19,28-29H,8-9,11-14H2. The van der Waals surface area contributed by atoms with Crippen LogP contribution in [-0.4, -0.2) is 49.5 Å². The third-order valence-corrected chi connectivity index (χ3v) is 7.97. The molecule has 3 heterocycles. The maximum Gasteiger partial charge on any atom is 0.242 e. The molecule has 0 spiro atoms. The van der Waals surface area contributed by atoms with E-state index in [1.807, 2.05) is 30.3 Å². The van der Waals surface area contributed by atoms with Crippen LogP contribution in [0.2, 0.25) is 0 Å². The predicted molar refractivity (Wildman–Crippen MR) is 128 cm³/mol. The first-order valence-corrected chi connectivity index (χ1v) is 12.6. The van der Waals surface area contributed by atoms with Crippen LogP contribution in [-0.2, 0) is 10.0 Å². The van der Waals surface area contributed by atoms with Crippen molar-refractivity contribution in [2.75, 3.05) is 26.2 Å². The molecule has 2 aromatic carbocycles. The van der Waals surface area contributed by atoms with Gasteiger partial charge in [0.15, 0.2) is 0 Å². The van der Waals surface area contributed by atoms with E-state index in [4.69, 9.17) is 5.26 Å². The average molecular weight is 460 g/mol. The van der Waals surface area contributed by atoms with Crippen molar-refractivity contribution >= 4 is 31.8 Å². The lowest BCUT2D eigenvalue weighted by Crippen LogP contribution is -2.39. The quantitative estimate of drug-likeness (QED) is 0.457. The van der Waals surface area contributed by atoms with Crippen LogP contribution in [0.3, 0.4) is 0 Å². The molecule has 7 nitrogen and oxygen atoms in total. The second-order valence-corrected chi connectivity index (χ2v) is 10.2. The Morgan fingerprint density at radius 2 is 1.97 bits per heavy atom. The Morgan fingerprint density at radius 3 is 2.79 bits per heavy atom. The first-order valence-electron chi connectivity index (χ1n) is 11.1. The van der Waals surface area contributed by atoms with Crippen molar-refractivity contribution in [1.29, 1.82) is 5.26 Å². The molecule has 0 unspecified atom stereocenters. The Labute approximate surface area is 193 Å². The number of H-pyrrole nitrogens is 1. The summed E-state index contributed by atoms with van der Waals surface area (Å²) in [5.74, 6) is 0.460. The number of benzene rings is 2. The molecule has 0 bridgehead atoms. The van der Waals surface area contributed by atoms with Crippen LogP contribution in [0.4, 0.5) is 0 Å². The predicted octanol–water partition coefficient (Wildman–Crippen LogP) is 3.75. The summed E-state index contributed by atoms with van der Waals surface area (Å²) in [5, 5.41) is 11.1. The topological polar surface area (TPSA) is 102 Å². The van der Waals surface area contributed by atoms with E-state index in [0.29, 0.717) is 30.1 Å². The first kappa shape index (κ1) is 21.6. The number of para-hydroxylation sites is 1. The zero-order valence-corrected chi connectivity index (χ0v) is 19.0. The smallest absolute Gasteiger partial charge is 0.242 e. The summed E-state index contributed by atoms with van der Waals surface area (Å²) in [5.41, 5.74) is 3.46. The Kier molecular flexibility index (Phi) is 5.85. The van der Waals surface area contributed by atoms with E-state index >= 15 is 0 Å². The molecule has 1 aliphatic heterocycles. The molecule has 168 valence electrons. The van der Waals surface area contributed by atoms with Gasteiger partial charge in [-0.2, -0.15) is 5.26 Å². The molecule has 1 saturated heterocycles. The number of nitrogens with zero attached hydrogens (tertiary/aromatic N) is 3. The van der Waals surface area contributed by atoms with E-state index in [0.717, 1.165) is 36.8 Å². The van der Waals surface area contributed by atoms with Crippen molar-refractivity contribution in [3.63, 3.8) is 0 Å². The van der Waals surface area contributed by atoms with Gasteiger partial charge in [-0.3, -0.25) is 4.98 Å². The van der Waals surface area contributed by atoms with Gasteiger partial charge in [0.2, 0.25) is 10.0 Å². The normalized spacial score (nSPS) is 15.7. The summed E-state index contributed by atoms with van der Waals surface area (Å²) in [6, 6.07) is 16.8. The first-order chi connectivity index (χ1) is 16.0. The maximum atomic E-state index is 12.9. The summed E-state index contributed by atoms with van der Waals surface area (Å²) in [6.45, 7) is 2.88. The lowest BCUT2D eigenvalue weighted by molar-refractivity contribution is 0.216. The van der Waals surface area contributed by atoms with Crippen molar-refractivity contribution in [3.8, 4) is 6.07 Å². The van der Waals surface area contributed by atoms with Gasteiger partial charge in [0.1, 0.15) is 4.90 Å². The van der Waals surface area contributed by atoms with E-state index in [2.05, 4.69) is 31.9 Å². The van der Waals surface area contributed by atoms with Gasteiger partial charge in [-0.15, -0.1) is 0 Å². The number of hydrogen-bond acceptors (Lipinski definition) is 5. The average Bonchev–Trinajstić information content (AvgIpc) is 3.27. The highest BCUT2D eigenvalue weighted by Crippen LogP contribution is 2.33. The zero-order valence-electron chi connectivity index (χ0n) is 18.2. The summed E-state index contributed by atoms with van der Waals surface area (Å²) in [7, 11) is -3.63. The monoisotopic (exact) mass is 459 g/mol. The molecule has 0 aliphatic carbocycles. The molecule has 0 radical (unpaired) electrons. The van der Waals surface area contributed by atoms with Crippen LogP contribution < -0.4 is 4.72 Å². The van der Waals surface area contributed by atoms with Crippen molar-refractivity contribution in [1.82, 2.24) is 19.6 Å². The number of likely N-dealkylation sites (tertiary alicyclic amines) is 1. The number of piperidine rings is 1. The van der Waals surface area contributed by atoms with Crippen molar-refractivity contribution in [2.24, 2.45) is 0 Å². The van der Waals surface area contributed by atoms with Crippen LogP contribution in [0.25, 0.3) is 21.8 Å². The van der Waals surface area contributed by atoms with Gasteiger partial charge in [-0.25, -0.2) is 13.1 Å². The Hall–Kier alpha value is -3.25. The Balaban J connectivity index is 1.18. The number of sulfonamides is 1. The zero-order chi connectivity index (χ0) is 22.8. The number of nitriles is 1. The molecule has 2 N–H and O–H groups in total. The van der Waals surface area contributed by atoms with Crippen LogP contribution in [0.5, 0.6) is 0 Å². The molecular weight excluding hydrogens is 434 g/mol. The molecule has 4 aromatic rings. The SMILES string of the molecule is N#Cc1ccc2c(C3CCN(CCNS(=O)(=O)c4cccc5cccnc45)CC3)c[nH]c2c1. The minimum absolute atomic E-state index is 0.221. The molecular formula is C25H25N5O2S. The van der Waals surface area contributed by atoms with Crippen molar-refractivity contribution < 1.29 is 8.42 Å². The number of rotatable bonds is 6. The van der Waals surface area contributed by atoms with Gasteiger partial charge < -0.3 is 9.88 Å². The Morgan fingerprint density at radius 1 is 1.15 bits per heavy atom. The summed E-state index contributed by atoms with van der Waals surface area (Å²) < 4.78 is 28.5. The molecule has 0 saturated carbocycles. The van der Waals surface area contributed by atoms with Crippen molar-refractivity contribution in [3.05, 3.63) is 72.1 Å². The minimum atomic E-state index is -3.63. The van der Waals surface area contributed by atoms with E-state index in [-0.39, 0.29) is 4.90 Å². The fraction of sp³-hybridized carbons (Fsp3) is 0.280. The Bertz CT molecular complexity index is 1440. The number of hydrogen-bond donors (Lipinski definition) is 2. The van der Waals surface area contributed by atoms with Gasteiger partial charge in [-0.05, 0) is 61.7 Å². The molecule has 8 heteroatoms. The van der Waals surface area contributed by atoms with E-state index in [1.54, 1.807) is 24.4 Å².